The molecule has 0 spiro atoms. The van der Waals surface area contributed by atoms with Crippen molar-refractivity contribution in [2.75, 3.05) is 13.9 Å². The van der Waals surface area contributed by atoms with Gasteiger partial charge < -0.3 is 9.47 Å². The zero-order valence-corrected chi connectivity index (χ0v) is 11.1. The SMILES string of the molecule is COCOc1ccc(-c2ccc(C)cc2)c(C=O)c1. The number of aldehydes is 1. The molecule has 3 heteroatoms. The van der Waals surface area contributed by atoms with Crippen molar-refractivity contribution in [3.8, 4) is 16.9 Å². The van der Waals surface area contributed by atoms with Crippen molar-refractivity contribution in [2.45, 2.75) is 6.92 Å². The van der Waals surface area contributed by atoms with Crippen LogP contribution in [-0.4, -0.2) is 20.2 Å². The molecule has 0 radical (unpaired) electrons. The summed E-state index contributed by atoms with van der Waals surface area (Å²) in [5, 5.41) is 0. The lowest BCUT2D eigenvalue weighted by Crippen LogP contribution is -1.99. The van der Waals surface area contributed by atoms with Crippen LogP contribution in [0.3, 0.4) is 0 Å². The summed E-state index contributed by atoms with van der Waals surface area (Å²) >= 11 is 0. The molecule has 0 bridgehead atoms. The topological polar surface area (TPSA) is 35.5 Å². The largest absolute Gasteiger partial charge is 0.468 e. The molecule has 0 amide bonds. The van der Waals surface area contributed by atoms with Gasteiger partial charge >= 0.3 is 0 Å². The maximum absolute atomic E-state index is 11.2. The van der Waals surface area contributed by atoms with Crippen LogP contribution in [0.15, 0.2) is 42.5 Å². The Bertz CT molecular complexity index is 559. The molecule has 0 aromatic heterocycles. The molecule has 2 aromatic rings. The summed E-state index contributed by atoms with van der Waals surface area (Å²) in [7, 11) is 1.56. The second-order valence-corrected chi connectivity index (χ2v) is 4.28. The minimum Gasteiger partial charge on any atom is -0.468 e. The third kappa shape index (κ3) is 3.20. The van der Waals surface area contributed by atoms with Crippen LogP contribution in [0.4, 0.5) is 0 Å². The van der Waals surface area contributed by atoms with E-state index in [4.69, 9.17) is 9.47 Å². The fourth-order valence-corrected chi connectivity index (χ4v) is 1.85. The molecule has 0 heterocycles. The molecular weight excluding hydrogens is 240 g/mol. The Labute approximate surface area is 112 Å². The first-order chi connectivity index (χ1) is 9.24. The van der Waals surface area contributed by atoms with E-state index in [9.17, 15) is 4.79 Å². The third-order valence-electron chi connectivity index (χ3n) is 2.86. The molecule has 2 rings (SSSR count). The van der Waals surface area contributed by atoms with Crippen molar-refractivity contribution in [3.05, 3.63) is 53.6 Å². The first-order valence-electron chi connectivity index (χ1n) is 6.02. The Kier molecular flexibility index (Phi) is 4.31. The summed E-state index contributed by atoms with van der Waals surface area (Å²) in [4.78, 5) is 11.2. The van der Waals surface area contributed by atoms with Crippen molar-refractivity contribution < 1.29 is 14.3 Å². The van der Waals surface area contributed by atoms with Crippen molar-refractivity contribution in [1.29, 1.82) is 0 Å². The summed E-state index contributed by atoms with van der Waals surface area (Å²) < 4.78 is 10.2. The fraction of sp³-hybridized carbons (Fsp3) is 0.188. The number of hydrogen-bond donors (Lipinski definition) is 0. The summed E-state index contributed by atoms with van der Waals surface area (Å²) in [5.41, 5.74) is 3.72. The monoisotopic (exact) mass is 256 g/mol. The van der Waals surface area contributed by atoms with Crippen molar-refractivity contribution in [1.82, 2.24) is 0 Å². The molecule has 0 aliphatic rings. The van der Waals surface area contributed by atoms with Crippen LogP contribution < -0.4 is 4.74 Å². The Balaban J connectivity index is 2.35. The van der Waals surface area contributed by atoms with E-state index < -0.39 is 0 Å². The lowest BCUT2D eigenvalue weighted by molar-refractivity contribution is 0.0511. The highest BCUT2D eigenvalue weighted by Gasteiger charge is 2.06. The Morgan fingerprint density at radius 1 is 1.11 bits per heavy atom. The van der Waals surface area contributed by atoms with Crippen molar-refractivity contribution in [3.63, 3.8) is 0 Å². The maximum Gasteiger partial charge on any atom is 0.188 e. The summed E-state index contributed by atoms with van der Waals surface area (Å²) in [6.45, 7) is 2.20. The van der Waals surface area contributed by atoms with Crippen molar-refractivity contribution in [2.24, 2.45) is 0 Å². The molecule has 0 saturated heterocycles. The zero-order chi connectivity index (χ0) is 13.7. The molecular formula is C16H16O3. The quantitative estimate of drug-likeness (QED) is 0.607. The second-order valence-electron chi connectivity index (χ2n) is 4.28. The molecule has 0 atom stereocenters. The normalized spacial score (nSPS) is 10.2. The van der Waals surface area contributed by atoms with Gasteiger partial charge in [0.2, 0.25) is 0 Å². The van der Waals surface area contributed by atoms with Crippen LogP contribution in [0.1, 0.15) is 15.9 Å². The van der Waals surface area contributed by atoms with Gasteiger partial charge in [0.1, 0.15) is 5.75 Å². The average Bonchev–Trinajstić information content (AvgIpc) is 2.46. The molecule has 3 nitrogen and oxygen atoms in total. The summed E-state index contributed by atoms with van der Waals surface area (Å²) in [6.07, 6.45) is 0.842. The lowest BCUT2D eigenvalue weighted by atomic mass is 9.99. The van der Waals surface area contributed by atoms with Gasteiger partial charge in [0, 0.05) is 12.7 Å². The van der Waals surface area contributed by atoms with Crippen LogP contribution >= 0.6 is 0 Å². The maximum atomic E-state index is 11.2. The standard InChI is InChI=1S/C16H16O3/c1-12-3-5-13(6-4-12)16-8-7-15(19-11-18-2)9-14(16)10-17/h3-10H,11H2,1-2H3. The average molecular weight is 256 g/mol. The number of ether oxygens (including phenoxy) is 2. The van der Waals surface area contributed by atoms with E-state index in [1.54, 1.807) is 13.2 Å². The van der Waals surface area contributed by atoms with Gasteiger partial charge in [-0.3, -0.25) is 4.79 Å². The van der Waals surface area contributed by atoms with Gasteiger partial charge in [-0.05, 0) is 36.2 Å². The van der Waals surface area contributed by atoms with Gasteiger partial charge in [0.25, 0.3) is 0 Å². The fourth-order valence-electron chi connectivity index (χ4n) is 1.85. The van der Waals surface area contributed by atoms with Gasteiger partial charge in [-0.25, -0.2) is 0 Å². The molecule has 0 unspecified atom stereocenters. The molecule has 0 saturated carbocycles. The number of carbonyl (C=O) groups excluding carboxylic acids is 1. The number of benzene rings is 2. The highest BCUT2D eigenvalue weighted by Crippen LogP contribution is 2.26. The van der Waals surface area contributed by atoms with Crippen LogP contribution in [0.2, 0.25) is 0 Å². The van der Waals surface area contributed by atoms with Gasteiger partial charge in [0.15, 0.2) is 13.1 Å². The van der Waals surface area contributed by atoms with Crippen LogP contribution in [0.5, 0.6) is 5.75 Å². The third-order valence-corrected chi connectivity index (χ3v) is 2.86. The minimum atomic E-state index is 0.169. The molecule has 0 aliphatic heterocycles. The molecule has 2 aromatic carbocycles. The van der Waals surface area contributed by atoms with E-state index in [2.05, 4.69) is 0 Å². The summed E-state index contributed by atoms with van der Waals surface area (Å²) in [5.74, 6) is 0.625. The van der Waals surface area contributed by atoms with Crippen LogP contribution in [0.25, 0.3) is 11.1 Å². The molecule has 0 N–H and O–H groups in total. The number of carbonyl (C=O) groups is 1. The predicted octanol–water partition coefficient (Wildman–Crippen LogP) is 3.46. The molecule has 98 valence electrons. The second kappa shape index (κ2) is 6.16. The van der Waals surface area contributed by atoms with E-state index >= 15 is 0 Å². The van der Waals surface area contributed by atoms with E-state index in [-0.39, 0.29) is 6.79 Å². The first kappa shape index (κ1) is 13.3. The van der Waals surface area contributed by atoms with Gasteiger partial charge in [-0.2, -0.15) is 0 Å². The molecule has 0 aliphatic carbocycles. The highest BCUT2D eigenvalue weighted by molar-refractivity contribution is 5.88. The number of methoxy groups -OCH3 is 1. The van der Waals surface area contributed by atoms with Crippen molar-refractivity contribution >= 4 is 6.29 Å². The number of rotatable bonds is 5. The van der Waals surface area contributed by atoms with E-state index in [0.29, 0.717) is 11.3 Å². The lowest BCUT2D eigenvalue weighted by Gasteiger charge is -2.09. The number of hydrogen-bond acceptors (Lipinski definition) is 3. The zero-order valence-electron chi connectivity index (χ0n) is 11.1. The van der Waals surface area contributed by atoms with E-state index in [0.717, 1.165) is 17.4 Å². The van der Waals surface area contributed by atoms with E-state index in [1.807, 2.05) is 43.3 Å². The van der Waals surface area contributed by atoms with Gasteiger partial charge in [-0.15, -0.1) is 0 Å². The Hall–Kier alpha value is -2.13. The van der Waals surface area contributed by atoms with Gasteiger partial charge in [-0.1, -0.05) is 29.8 Å². The Morgan fingerprint density at radius 2 is 1.84 bits per heavy atom. The highest BCUT2D eigenvalue weighted by atomic mass is 16.7. The summed E-state index contributed by atoms with van der Waals surface area (Å²) in [6, 6.07) is 13.5. The number of aryl methyl sites for hydroxylation is 1. The minimum absolute atomic E-state index is 0.169. The molecule has 19 heavy (non-hydrogen) atoms. The van der Waals surface area contributed by atoms with E-state index in [1.165, 1.54) is 5.56 Å². The van der Waals surface area contributed by atoms with Crippen LogP contribution in [-0.2, 0) is 4.74 Å². The molecule has 0 fully saturated rings. The predicted molar refractivity (Wildman–Crippen MR) is 74.5 cm³/mol. The first-order valence-corrected chi connectivity index (χ1v) is 6.02. The van der Waals surface area contributed by atoms with Crippen LogP contribution in [0, 0.1) is 6.92 Å². The Morgan fingerprint density at radius 3 is 2.47 bits per heavy atom. The smallest absolute Gasteiger partial charge is 0.188 e. The van der Waals surface area contributed by atoms with Gasteiger partial charge in [0.05, 0.1) is 0 Å².